The molecule has 4 rings (SSSR count). The highest BCUT2D eigenvalue weighted by atomic mass is 35.5. The smallest absolute Gasteiger partial charge is 0.180 e. The van der Waals surface area contributed by atoms with Crippen molar-refractivity contribution in [1.29, 1.82) is 0 Å². The van der Waals surface area contributed by atoms with Crippen LogP contribution in [0.1, 0.15) is 19.3 Å². The van der Waals surface area contributed by atoms with Gasteiger partial charge in [0.15, 0.2) is 5.06 Å². The van der Waals surface area contributed by atoms with Crippen LogP contribution in [0.15, 0.2) is 40.6 Å². The Hall–Kier alpha value is -0.970. The topological polar surface area (TPSA) is 24.5 Å². The zero-order valence-corrected chi connectivity index (χ0v) is 12.7. The number of thiophene rings is 1. The molecule has 106 valence electrons. The van der Waals surface area contributed by atoms with Crippen LogP contribution >= 0.6 is 22.9 Å². The Bertz CT molecular complexity index is 554. The van der Waals surface area contributed by atoms with E-state index in [2.05, 4.69) is 10.2 Å². The lowest BCUT2D eigenvalue weighted by Crippen LogP contribution is -2.44. The van der Waals surface area contributed by atoms with Gasteiger partial charge in [0.05, 0.1) is 6.54 Å². The standard InChI is InChI=1S/C15H17ClN2OS/c16-14-6-4-11(19-15-2-1-7-20-15)9-18(14)13-8-10-3-5-12(13)17-10/h1-2,4,6-7,10,12-13,17H,3,5,8-9H2/t10-,12+,13-/m1/s1. The molecule has 3 aliphatic rings. The Labute approximate surface area is 127 Å². The molecule has 5 heteroatoms. The molecule has 4 heterocycles. The largest absolute Gasteiger partial charge is 0.449 e. The Balaban J connectivity index is 1.49. The molecule has 2 fully saturated rings. The summed E-state index contributed by atoms with van der Waals surface area (Å²) in [4.78, 5) is 2.29. The number of fused-ring (bicyclic) bond motifs is 2. The van der Waals surface area contributed by atoms with E-state index >= 15 is 0 Å². The van der Waals surface area contributed by atoms with Crippen molar-refractivity contribution >= 4 is 22.9 Å². The molecule has 0 radical (unpaired) electrons. The first-order valence-corrected chi connectivity index (χ1v) is 8.36. The number of allylic oxidation sites excluding steroid dienone is 2. The van der Waals surface area contributed by atoms with Crippen LogP contribution in [-0.2, 0) is 0 Å². The van der Waals surface area contributed by atoms with Gasteiger partial charge in [-0.2, -0.15) is 0 Å². The maximum absolute atomic E-state index is 6.41. The average Bonchev–Trinajstić information content (AvgIpc) is 3.17. The number of rotatable bonds is 3. The second-order valence-electron chi connectivity index (χ2n) is 5.63. The third-order valence-corrected chi connectivity index (χ3v) is 5.49. The van der Waals surface area contributed by atoms with Gasteiger partial charge in [0.25, 0.3) is 0 Å². The predicted molar refractivity (Wildman–Crippen MR) is 82.0 cm³/mol. The SMILES string of the molecule is ClC1=CC=C(Oc2cccs2)CN1[C@@H]1C[C@H]2CC[C@@H]1N2. The molecule has 1 N–H and O–H groups in total. The Morgan fingerprint density at radius 3 is 3.00 bits per heavy atom. The number of halogens is 1. The van der Waals surface area contributed by atoms with E-state index < -0.39 is 0 Å². The van der Waals surface area contributed by atoms with Crippen LogP contribution < -0.4 is 10.1 Å². The highest BCUT2D eigenvalue weighted by Crippen LogP contribution is 2.36. The van der Waals surface area contributed by atoms with Crippen molar-refractivity contribution in [2.24, 2.45) is 0 Å². The zero-order chi connectivity index (χ0) is 13.5. The maximum Gasteiger partial charge on any atom is 0.180 e. The van der Waals surface area contributed by atoms with Gasteiger partial charge in [-0.05, 0) is 48.9 Å². The molecule has 1 aromatic heterocycles. The van der Waals surface area contributed by atoms with E-state index in [1.54, 1.807) is 11.3 Å². The van der Waals surface area contributed by atoms with Gasteiger partial charge in [-0.15, -0.1) is 11.3 Å². The monoisotopic (exact) mass is 308 g/mol. The first kappa shape index (κ1) is 12.7. The van der Waals surface area contributed by atoms with Crippen molar-refractivity contribution in [2.45, 2.75) is 37.4 Å². The van der Waals surface area contributed by atoms with Crippen LogP contribution in [0.4, 0.5) is 0 Å². The molecule has 2 saturated heterocycles. The molecule has 0 spiro atoms. The summed E-state index contributed by atoms with van der Waals surface area (Å²) in [6.45, 7) is 0.767. The minimum absolute atomic E-state index is 0.508. The number of nitrogens with one attached hydrogen (secondary N) is 1. The van der Waals surface area contributed by atoms with Gasteiger partial charge in [0, 0.05) is 18.1 Å². The Morgan fingerprint density at radius 2 is 2.30 bits per heavy atom. The van der Waals surface area contributed by atoms with Crippen molar-refractivity contribution in [3.8, 4) is 5.06 Å². The molecule has 20 heavy (non-hydrogen) atoms. The summed E-state index contributed by atoms with van der Waals surface area (Å²) in [6, 6.07) is 5.77. The van der Waals surface area contributed by atoms with E-state index in [1.807, 2.05) is 29.7 Å². The molecular formula is C15H17ClN2OS. The van der Waals surface area contributed by atoms with Gasteiger partial charge in [-0.1, -0.05) is 11.6 Å². The quantitative estimate of drug-likeness (QED) is 0.867. The molecule has 0 amide bonds. The van der Waals surface area contributed by atoms with Gasteiger partial charge >= 0.3 is 0 Å². The van der Waals surface area contributed by atoms with Crippen molar-refractivity contribution in [2.75, 3.05) is 6.54 Å². The molecule has 0 saturated carbocycles. The molecule has 0 aromatic carbocycles. The summed E-state index contributed by atoms with van der Waals surface area (Å²) in [5.74, 6) is 0.972. The fourth-order valence-corrected chi connectivity index (χ4v) is 4.34. The highest BCUT2D eigenvalue weighted by Gasteiger charge is 2.43. The molecule has 2 bridgehead atoms. The minimum Gasteiger partial charge on any atom is -0.449 e. The zero-order valence-electron chi connectivity index (χ0n) is 11.1. The van der Waals surface area contributed by atoms with Crippen molar-refractivity contribution in [3.63, 3.8) is 0 Å². The lowest BCUT2D eigenvalue weighted by Gasteiger charge is -2.36. The van der Waals surface area contributed by atoms with E-state index in [0.29, 0.717) is 18.1 Å². The lowest BCUT2D eigenvalue weighted by molar-refractivity contribution is 0.217. The summed E-state index contributed by atoms with van der Waals surface area (Å²) in [6.07, 6.45) is 7.71. The van der Waals surface area contributed by atoms with E-state index in [9.17, 15) is 0 Å². The molecule has 1 aromatic rings. The Kier molecular flexibility index (Phi) is 3.25. The van der Waals surface area contributed by atoms with Crippen LogP contribution in [0.25, 0.3) is 0 Å². The normalized spacial score (nSPS) is 32.2. The van der Waals surface area contributed by atoms with Gasteiger partial charge < -0.3 is 15.0 Å². The molecule has 3 atom stereocenters. The summed E-state index contributed by atoms with van der Waals surface area (Å²) in [5, 5.41) is 7.47. The van der Waals surface area contributed by atoms with Gasteiger partial charge in [0.1, 0.15) is 10.9 Å². The number of hydrogen-bond acceptors (Lipinski definition) is 4. The van der Waals surface area contributed by atoms with Crippen LogP contribution in [0, 0.1) is 0 Å². The molecule has 0 aliphatic carbocycles. The molecule has 0 unspecified atom stereocenters. The van der Waals surface area contributed by atoms with Crippen molar-refractivity contribution < 1.29 is 4.74 Å². The van der Waals surface area contributed by atoms with Gasteiger partial charge in [-0.25, -0.2) is 0 Å². The van der Waals surface area contributed by atoms with E-state index in [-0.39, 0.29) is 0 Å². The first-order valence-electron chi connectivity index (χ1n) is 7.10. The fourth-order valence-electron chi connectivity index (χ4n) is 3.49. The maximum atomic E-state index is 6.41. The van der Waals surface area contributed by atoms with Crippen LogP contribution in [-0.4, -0.2) is 29.6 Å². The molecule has 3 nitrogen and oxygen atoms in total. The summed E-state index contributed by atoms with van der Waals surface area (Å²) in [5.41, 5.74) is 0. The van der Waals surface area contributed by atoms with Gasteiger partial charge in [-0.3, -0.25) is 0 Å². The summed E-state index contributed by atoms with van der Waals surface area (Å²) >= 11 is 8.02. The number of nitrogens with zero attached hydrogens (tertiary/aromatic N) is 1. The minimum atomic E-state index is 0.508. The van der Waals surface area contributed by atoms with E-state index in [1.165, 1.54) is 19.3 Å². The lowest BCUT2D eigenvalue weighted by atomic mass is 9.94. The number of ether oxygens (including phenoxy) is 1. The third kappa shape index (κ3) is 2.26. The first-order chi connectivity index (χ1) is 9.79. The highest BCUT2D eigenvalue weighted by molar-refractivity contribution is 7.11. The van der Waals surface area contributed by atoms with Gasteiger partial charge in [0.2, 0.25) is 0 Å². The molecular weight excluding hydrogens is 292 g/mol. The number of hydrogen-bond donors (Lipinski definition) is 1. The van der Waals surface area contributed by atoms with Crippen LogP contribution in [0.2, 0.25) is 0 Å². The van der Waals surface area contributed by atoms with Crippen LogP contribution in [0.5, 0.6) is 5.06 Å². The summed E-state index contributed by atoms with van der Waals surface area (Å²) < 4.78 is 5.93. The van der Waals surface area contributed by atoms with Crippen molar-refractivity contribution in [1.82, 2.24) is 10.2 Å². The summed E-state index contributed by atoms with van der Waals surface area (Å²) in [7, 11) is 0. The Morgan fingerprint density at radius 1 is 1.35 bits per heavy atom. The van der Waals surface area contributed by atoms with Crippen molar-refractivity contribution in [3.05, 3.63) is 40.6 Å². The fraction of sp³-hybridized carbons (Fsp3) is 0.467. The third-order valence-electron chi connectivity index (χ3n) is 4.40. The van der Waals surface area contributed by atoms with Crippen LogP contribution in [0.3, 0.4) is 0 Å². The van der Waals surface area contributed by atoms with E-state index in [4.69, 9.17) is 16.3 Å². The average molecular weight is 309 g/mol. The van der Waals surface area contributed by atoms with E-state index in [0.717, 1.165) is 22.5 Å². The molecule has 3 aliphatic heterocycles. The predicted octanol–water partition coefficient (Wildman–Crippen LogP) is 3.30. The second kappa shape index (κ2) is 5.10. The second-order valence-corrected chi connectivity index (χ2v) is 6.93.